The van der Waals surface area contributed by atoms with Crippen molar-refractivity contribution >= 4 is 27.6 Å². The number of carbonyl (C=O) groups excluding carboxylic acids is 2. The van der Waals surface area contributed by atoms with Crippen LogP contribution in [0.1, 0.15) is 46.5 Å². The molecule has 1 saturated heterocycles. The normalized spacial score (nSPS) is 15.3. The van der Waals surface area contributed by atoms with Gasteiger partial charge in [0.05, 0.1) is 16.7 Å². The van der Waals surface area contributed by atoms with Gasteiger partial charge in [0.1, 0.15) is 5.75 Å². The van der Waals surface area contributed by atoms with Crippen molar-refractivity contribution in [1.29, 1.82) is 0 Å². The Hall–Kier alpha value is -2.13. The number of sulfonamides is 1. The fourth-order valence-electron chi connectivity index (χ4n) is 2.81. The molecule has 9 heteroatoms. The van der Waals surface area contributed by atoms with Crippen LogP contribution in [0, 0.1) is 0 Å². The molecular formula is C19H28N2O6S. The van der Waals surface area contributed by atoms with Crippen LogP contribution < -0.4 is 10.1 Å². The van der Waals surface area contributed by atoms with Gasteiger partial charge in [-0.2, -0.15) is 4.31 Å². The van der Waals surface area contributed by atoms with Crippen LogP contribution in [0.25, 0.3) is 0 Å². The summed E-state index contributed by atoms with van der Waals surface area (Å²) >= 11 is 0. The summed E-state index contributed by atoms with van der Waals surface area (Å²) in [7, 11) is -3.65. The highest BCUT2D eigenvalue weighted by Crippen LogP contribution is 2.31. The van der Waals surface area contributed by atoms with E-state index >= 15 is 0 Å². The van der Waals surface area contributed by atoms with Crippen LogP contribution in [0.2, 0.25) is 0 Å². The van der Waals surface area contributed by atoms with E-state index in [0.29, 0.717) is 18.8 Å². The minimum atomic E-state index is -3.65. The number of hydrogen-bond donors (Lipinski definition) is 1. The molecule has 1 aromatic rings. The molecule has 0 saturated carbocycles. The molecular weight excluding hydrogens is 384 g/mol. The van der Waals surface area contributed by atoms with E-state index in [2.05, 4.69) is 5.32 Å². The first-order chi connectivity index (χ1) is 13.2. The highest BCUT2D eigenvalue weighted by Gasteiger charge is 2.27. The lowest BCUT2D eigenvalue weighted by Gasteiger charge is -2.26. The van der Waals surface area contributed by atoms with Gasteiger partial charge in [0.15, 0.2) is 6.61 Å². The smallest absolute Gasteiger partial charge is 0.306 e. The molecule has 0 unspecified atom stereocenters. The minimum absolute atomic E-state index is 0.0892. The first kappa shape index (κ1) is 22.2. The number of nitrogens with zero attached hydrogens (tertiary/aromatic N) is 1. The standard InChI is InChI=1S/C19H28N2O6S/c1-4-19(23)26-13-18(22)20-16-12-15(8-9-17(16)27-14(2)3)28(24,25)21-10-6-5-7-11-21/h8-9,12,14H,4-7,10-11,13H2,1-3H3,(H,20,22). The summed E-state index contributed by atoms with van der Waals surface area (Å²) in [4.78, 5) is 23.4. The van der Waals surface area contributed by atoms with E-state index in [1.165, 1.54) is 22.5 Å². The second kappa shape index (κ2) is 9.88. The van der Waals surface area contributed by atoms with Crippen LogP contribution in [0.3, 0.4) is 0 Å². The van der Waals surface area contributed by atoms with Crippen molar-refractivity contribution in [2.24, 2.45) is 0 Å². The number of anilines is 1. The number of hydrogen-bond acceptors (Lipinski definition) is 6. The van der Waals surface area contributed by atoms with Gasteiger partial charge < -0.3 is 14.8 Å². The largest absolute Gasteiger partial charge is 0.489 e. The van der Waals surface area contributed by atoms with Gasteiger partial charge in [-0.15, -0.1) is 0 Å². The SMILES string of the molecule is CCC(=O)OCC(=O)Nc1cc(S(=O)(=O)N2CCCCC2)ccc1OC(C)C. The Morgan fingerprint density at radius 2 is 1.86 bits per heavy atom. The molecule has 156 valence electrons. The number of ether oxygens (including phenoxy) is 2. The second-order valence-corrected chi connectivity index (χ2v) is 8.79. The van der Waals surface area contributed by atoms with Gasteiger partial charge in [-0.3, -0.25) is 9.59 Å². The van der Waals surface area contributed by atoms with Crippen LogP contribution in [0.5, 0.6) is 5.75 Å². The van der Waals surface area contributed by atoms with Crippen molar-refractivity contribution in [2.45, 2.75) is 57.5 Å². The summed E-state index contributed by atoms with van der Waals surface area (Å²) in [6, 6.07) is 4.40. The summed E-state index contributed by atoms with van der Waals surface area (Å²) < 4.78 is 37.8. The third-order valence-corrected chi connectivity index (χ3v) is 6.09. The third-order valence-electron chi connectivity index (χ3n) is 4.19. The van der Waals surface area contributed by atoms with Crippen molar-refractivity contribution in [2.75, 3.05) is 25.0 Å². The monoisotopic (exact) mass is 412 g/mol. The zero-order chi connectivity index (χ0) is 20.7. The van der Waals surface area contributed by atoms with Gasteiger partial charge in [-0.25, -0.2) is 8.42 Å². The van der Waals surface area contributed by atoms with Gasteiger partial charge in [0, 0.05) is 19.5 Å². The maximum absolute atomic E-state index is 12.9. The minimum Gasteiger partial charge on any atom is -0.489 e. The Balaban J connectivity index is 2.26. The van der Waals surface area contributed by atoms with Crippen molar-refractivity contribution in [3.63, 3.8) is 0 Å². The molecule has 0 bridgehead atoms. The molecule has 1 heterocycles. The van der Waals surface area contributed by atoms with E-state index in [1.54, 1.807) is 6.92 Å². The van der Waals surface area contributed by atoms with Crippen LogP contribution >= 0.6 is 0 Å². The van der Waals surface area contributed by atoms with E-state index < -0.39 is 28.5 Å². The van der Waals surface area contributed by atoms with Crippen molar-refractivity contribution in [3.05, 3.63) is 18.2 Å². The zero-order valence-corrected chi connectivity index (χ0v) is 17.4. The third kappa shape index (κ3) is 5.93. The quantitative estimate of drug-likeness (QED) is 0.659. The molecule has 8 nitrogen and oxygen atoms in total. The summed E-state index contributed by atoms with van der Waals surface area (Å²) in [5.74, 6) is -0.707. The number of esters is 1. The zero-order valence-electron chi connectivity index (χ0n) is 16.6. The number of benzene rings is 1. The first-order valence-corrected chi connectivity index (χ1v) is 10.9. The molecule has 2 rings (SSSR count). The maximum Gasteiger partial charge on any atom is 0.306 e. The molecule has 1 aliphatic heterocycles. The summed E-state index contributed by atoms with van der Waals surface area (Å²) in [6.07, 6.45) is 2.68. The van der Waals surface area contributed by atoms with Crippen LogP contribution in [-0.4, -0.2) is 50.4 Å². The lowest BCUT2D eigenvalue weighted by atomic mass is 10.2. The molecule has 0 atom stereocenters. The number of nitrogens with one attached hydrogen (secondary N) is 1. The Kier molecular flexibility index (Phi) is 7.82. The van der Waals surface area contributed by atoms with Gasteiger partial charge in [-0.05, 0) is 44.9 Å². The molecule has 1 aromatic carbocycles. The van der Waals surface area contributed by atoms with E-state index in [-0.39, 0.29) is 23.1 Å². The van der Waals surface area contributed by atoms with Gasteiger partial charge in [0.25, 0.3) is 5.91 Å². The Labute approximate surface area is 166 Å². The predicted octanol–water partition coefficient (Wildman–Crippen LogP) is 2.54. The van der Waals surface area contributed by atoms with Crippen molar-refractivity contribution < 1.29 is 27.5 Å². The van der Waals surface area contributed by atoms with E-state index in [1.807, 2.05) is 13.8 Å². The molecule has 28 heavy (non-hydrogen) atoms. The lowest BCUT2D eigenvalue weighted by molar-refractivity contribution is -0.146. The van der Waals surface area contributed by atoms with E-state index in [0.717, 1.165) is 19.3 Å². The highest BCUT2D eigenvalue weighted by molar-refractivity contribution is 7.89. The molecule has 1 fully saturated rings. The van der Waals surface area contributed by atoms with Crippen LogP contribution in [0.4, 0.5) is 5.69 Å². The first-order valence-electron chi connectivity index (χ1n) is 9.50. The molecule has 0 spiro atoms. The van der Waals surface area contributed by atoms with Crippen LogP contribution in [0.15, 0.2) is 23.1 Å². The number of piperidine rings is 1. The predicted molar refractivity (Wildman–Crippen MR) is 105 cm³/mol. The van der Waals surface area contributed by atoms with Crippen molar-refractivity contribution in [3.8, 4) is 5.75 Å². The van der Waals surface area contributed by atoms with E-state index in [9.17, 15) is 18.0 Å². The molecule has 0 radical (unpaired) electrons. The molecule has 1 aliphatic rings. The van der Waals surface area contributed by atoms with Crippen molar-refractivity contribution in [1.82, 2.24) is 4.31 Å². The second-order valence-electron chi connectivity index (χ2n) is 6.85. The lowest BCUT2D eigenvalue weighted by Crippen LogP contribution is -2.35. The molecule has 0 aliphatic carbocycles. The maximum atomic E-state index is 12.9. The van der Waals surface area contributed by atoms with Gasteiger partial charge in [0.2, 0.25) is 10.0 Å². The summed E-state index contributed by atoms with van der Waals surface area (Å²) in [5.41, 5.74) is 0.226. The number of amides is 1. The topological polar surface area (TPSA) is 102 Å². The average molecular weight is 413 g/mol. The fraction of sp³-hybridized carbons (Fsp3) is 0.579. The summed E-state index contributed by atoms with van der Waals surface area (Å²) in [6.45, 7) is 5.81. The Bertz CT molecular complexity index is 801. The van der Waals surface area contributed by atoms with E-state index in [4.69, 9.17) is 9.47 Å². The summed E-state index contributed by atoms with van der Waals surface area (Å²) in [5, 5.41) is 2.59. The van der Waals surface area contributed by atoms with Crippen LogP contribution in [-0.2, 0) is 24.3 Å². The Morgan fingerprint density at radius 1 is 1.18 bits per heavy atom. The Morgan fingerprint density at radius 3 is 2.46 bits per heavy atom. The molecule has 1 amide bonds. The van der Waals surface area contributed by atoms with Gasteiger partial charge in [-0.1, -0.05) is 13.3 Å². The highest BCUT2D eigenvalue weighted by atomic mass is 32.2. The average Bonchev–Trinajstić information content (AvgIpc) is 2.67. The fourth-order valence-corrected chi connectivity index (χ4v) is 4.36. The van der Waals surface area contributed by atoms with Gasteiger partial charge >= 0.3 is 5.97 Å². The number of rotatable bonds is 8. The molecule has 0 aromatic heterocycles. The number of carbonyl (C=O) groups is 2. The molecule has 1 N–H and O–H groups in total.